The van der Waals surface area contributed by atoms with Gasteiger partial charge in [0, 0.05) is 0 Å². The van der Waals surface area contributed by atoms with Crippen LogP contribution in [0.15, 0.2) is 21.7 Å². The number of hydrogen-bond acceptors (Lipinski definition) is 4. The van der Waals surface area contributed by atoms with Gasteiger partial charge in [-0.2, -0.15) is 5.10 Å². The number of hydrogen-bond donors (Lipinski definition) is 1. The first-order valence-electron chi connectivity index (χ1n) is 3.65. The molecule has 0 amide bonds. The van der Waals surface area contributed by atoms with Crippen LogP contribution in [0.25, 0.3) is 0 Å². The lowest BCUT2D eigenvalue weighted by Gasteiger charge is -2.19. The molecule has 0 spiro atoms. The zero-order valence-electron chi connectivity index (χ0n) is 6.51. The van der Waals surface area contributed by atoms with Crippen molar-refractivity contribution in [1.82, 2.24) is 5.01 Å². The summed E-state index contributed by atoms with van der Waals surface area (Å²) in [6.07, 6.45) is 2.83. The molecule has 1 unspecified atom stereocenters. The van der Waals surface area contributed by atoms with Crippen LogP contribution in [0.3, 0.4) is 0 Å². The molecule has 0 aromatic heterocycles. The highest BCUT2D eigenvalue weighted by molar-refractivity contribution is 9.09. The largest absolute Gasteiger partial charge is 0.478 e. The zero-order valence-corrected chi connectivity index (χ0v) is 8.10. The van der Waals surface area contributed by atoms with Crippen molar-refractivity contribution in [2.45, 2.75) is 4.95 Å². The molecule has 1 N–H and O–H groups in total. The van der Waals surface area contributed by atoms with E-state index in [4.69, 9.17) is 5.11 Å². The number of carbonyl (C=O) groups is 1. The van der Waals surface area contributed by atoms with Gasteiger partial charge in [-0.05, 0) is 6.08 Å². The Hall–Kier alpha value is -1.17. The van der Waals surface area contributed by atoms with Crippen molar-refractivity contribution in [1.29, 1.82) is 0 Å². The monoisotopic (exact) mass is 243 g/mol. The fraction of sp³-hybridized carbons (Fsp3) is 0.286. The highest BCUT2D eigenvalue weighted by Crippen LogP contribution is 2.20. The summed E-state index contributed by atoms with van der Waals surface area (Å²) in [6, 6.07) is 0. The van der Waals surface area contributed by atoms with Gasteiger partial charge in [0.05, 0.1) is 18.3 Å². The number of carboxylic acids is 1. The maximum Gasteiger partial charge on any atom is 0.337 e. The molecule has 2 aliphatic heterocycles. The molecular formula is C7H6BrN3O2. The quantitative estimate of drug-likeness (QED) is 0.537. The molecule has 13 heavy (non-hydrogen) atoms. The van der Waals surface area contributed by atoms with Crippen LogP contribution in [0.1, 0.15) is 0 Å². The van der Waals surface area contributed by atoms with Gasteiger partial charge in [0.25, 0.3) is 0 Å². The number of halogens is 1. The number of nitrogens with zero attached hydrogens (tertiary/aromatic N) is 3. The Kier molecular flexibility index (Phi) is 1.91. The number of amidine groups is 1. The summed E-state index contributed by atoms with van der Waals surface area (Å²) in [5, 5.41) is 14.3. The van der Waals surface area contributed by atoms with E-state index >= 15 is 0 Å². The number of fused-ring (bicyclic) bond motifs is 1. The molecule has 68 valence electrons. The van der Waals surface area contributed by atoms with Crippen molar-refractivity contribution >= 4 is 33.9 Å². The molecule has 0 aromatic rings. The van der Waals surface area contributed by atoms with Crippen LogP contribution < -0.4 is 0 Å². The number of alkyl halides is 1. The van der Waals surface area contributed by atoms with Crippen molar-refractivity contribution < 1.29 is 9.90 Å². The van der Waals surface area contributed by atoms with E-state index in [2.05, 4.69) is 26.0 Å². The van der Waals surface area contributed by atoms with E-state index in [0.717, 1.165) is 0 Å². The van der Waals surface area contributed by atoms with E-state index in [-0.39, 0.29) is 10.5 Å². The summed E-state index contributed by atoms with van der Waals surface area (Å²) in [4.78, 5) is 14.7. The van der Waals surface area contributed by atoms with Gasteiger partial charge in [-0.25, -0.2) is 9.80 Å². The lowest BCUT2D eigenvalue weighted by Crippen LogP contribution is -2.30. The molecule has 1 atom stereocenters. The zero-order chi connectivity index (χ0) is 9.42. The summed E-state index contributed by atoms with van der Waals surface area (Å²) in [5.74, 6) is -0.383. The van der Waals surface area contributed by atoms with Gasteiger partial charge in [-0.3, -0.25) is 4.99 Å². The maximum absolute atomic E-state index is 10.6. The van der Waals surface area contributed by atoms with Crippen molar-refractivity contribution in [2.75, 3.05) is 6.54 Å². The van der Waals surface area contributed by atoms with Crippen LogP contribution in [0.2, 0.25) is 0 Å². The topological polar surface area (TPSA) is 65.3 Å². The number of hydrazone groups is 1. The summed E-state index contributed by atoms with van der Waals surface area (Å²) in [7, 11) is 0. The Morgan fingerprint density at radius 1 is 1.77 bits per heavy atom. The second-order valence-electron chi connectivity index (χ2n) is 2.63. The SMILES string of the molecule is O=C(O)C1=CC2=NCC(Br)N2N=C1. The minimum Gasteiger partial charge on any atom is -0.478 e. The third kappa shape index (κ3) is 1.37. The third-order valence-electron chi connectivity index (χ3n) is 1.76. The fourth-order valence-electron chi connectivity index (χ4n) is 1.12. The number of aliphatic imine (C=N–C) groups is 1. The van der Waals surface area contributed by atoms with Gasteiger partial charge in [0.1, 0.15) is 10.8 Å². The molecule has 0 saturated heterocycles. The average Bonchev–Trinajstić information content (AvgIpc) is 2.47. The van der Waals surface area contributed by atoms with E-state index in [1.54, 1.807) is 5.01 Å². The van der Waals surface area contributed by atoms with E-state index in [1.807, 2.05) is 0 Å². The molecule has 0 radical (unpaired) electrons. The first-order chi connectivity index (χ1) is 6.18. The molecule has 0 bridgehead atoms. The molecule has 0 aromatic carbocycles. The first-order valence-corrected chi connectivity index (χ1v) is 4.57. The molecule has 6 heteroatoms. The molecule has 5 nitrogen and oxygen atoms in total. The molecule has 0 saturated carbocycles. The Balaban J connectivity index is 2.29. The Morgan fingerprint density at radius 2 is 2.54 bits per heavy atom. The lowest BCUT2D eigenvalue weighted by molar-refractivity contribution is -0.132. The van der Waals surface area contributed by atoms with Gasteiger partial charge in [-0.1, -0.05) is 15.9 Å². The number of carboxylic acid groups (broad SMARTS) is 1. The van der Waals surface area contributed by atoms with Gasteiger partial charge in [0.2, 0.25) is 0 Å². The normalized spacial score (nSPS) is 25.3. The van der Waals surface area contributed by atoms with Gasteiger partial charge < -0.3 is 5.11 Å². The highest BCUT2D eigenvalue weighted by Gasteiger charge is 2.27. The molecule has 2 aliphatic rings. The molecular weight excluding hydrogens is 238 g/mol. The van der Waals surface area contributed by atoms with E-state index in [1.165, 1.54) is 12.3 Å². The van der Waals surface area contributed by atoms with E-state index in [9.17, 15) is 4.79 Å². The fourth-order valence-corrected chi connectivity index (χ4v) is 1.58. The summed E-state index contributed by atoms with van der Waals surface area (Å²) >= 11 is 3.36. The minimum atomic E-state index is -0.982. The van der Waals surface area contributed by atoms with Crippen LogP contribution >= 0.6 is 15.9 Å². The van der Waals surface area contributed by atoms with Crippen molar-refractivity contribution in [3.63, 3.8) is 0 Å². The third-order valence-corrected chi connectivity index (χ3v) is 2.43. The molecule has 0 aliphatic carbocycles. The van der Waals surface area contributed by atoms with Gasteiger partial charge >= 0.3 is 5.97 Å². The van der Waals surface area contributed by atoms with Crippen LogP contribution in [0, 0.1) is 0 Å². The van der Waals surface area contributed by atoms with Crippen LogP contribution in [-0.4, -0.2) is 39.6 Å². The Bertz CT molecular complexity index is 348. The Labute approximate surface area is 82.6 Å². The minimum absolute atomic E-state index is 0.0466. The molecule has 2 heterocycles. The maximum atomic E-state index is 10.6. The highest BCUT2D eigenvalue weighted by atomic mass is 79.9. The Morgan fingerprint density at radius 3 is 3.23 bits per heavy atom. The van der Waals surface area contributed by atoms with Crippen molar-refractivity contribution in [3.05, 3.63) is 11.6 Å². The number of aliphatic carboxylic acids is 1. The van der Waals surface area contributed by atoms with Gasteiger partial charge in [-0.15, -0.1) is 0 Å². The van der Waals surface area contributed by atoms with Crippen LogP contribution in [0.5, 0.6) is 0 Å². The summed E-state index contributed by atoms with van der Waals surface area (Å²) < 4.78 is 0. The van der Waals surface area contributed by atoms with Crippen molar-refractivity contribution in [3.8, 4) is 0 Å². The second-order valence-corrected chi connectivity index (χ2v) is 3.68. The molecule has 2 rings (SSSR count). The smallest absolute Gasteiger partial charge is 0.337 e. The number of rotatable bonds is 1. The predicted octanol–water partition coefficient (Wildman–Crippen LogP) is 0.432. The van der Waals surface area contributed by atoms with Gasteiger partial charge in [0.15, 0.2) is 0 Å². The lowest BCUT2D eigenvalue weighted by atomic mass is 10.2. The average molecular weight is 244 g/mol. The standard InChI is InChI=1S/C7H6BrN3O2/c8-5-3-9-6-1-4(7(12)13)2-10-11(5)6/h1-2,5H,3H2,(H,12,13). The first kappa shape index (κ1) is 8.43. The van der Waals surface area contributed by atoms with E-state index < -0.39 is 5.97 Å². The predicted molar refractivity (Wildman–Crippen MR) is 51.1 cm³/mol. The van der Waals surface area contributed by atoms with Crippen molar-refractivity contribution in [2.24, 2.45) is 10.1 Å². The van der Waals surface area contributed by atoms with Crippen LogP contribution in [-0.2, 0) is 4.79 Å². The summed E-state index contributed by atoms with van der Waals surface area (Å²) in [6.45, 7) is 0.593. The van der Waals surface area contributed by atoms with E-state index in [0.29, 0.717) is 12.4 Å². The molecule has 0 fully saturated rings. The summed E-state index contributed by atoms with van der Waals surface area (Å²) in [5.41, 5.74) is 0.164. The second kappa shape index (κ2) is 2.95. The van der Waals surface area contributed by atoms with Crippen LogP contribution in [0.4, 0.5) is 0 Å².